The van der Waals surface area contributed by atoms with Gasteiger partial charge in [0.2, 0.25) is 5.44 Å². The molecule has 0 atom stereocenters. The van der Waals surface area contributed by atoms with E-state index in [2.05, 4.69) is 5.32 Å². The molecule has 0 radical (unpaired) electrons. The molecule has 1 amide bonds. The maximum absolute atomic E-state index is 12.5. The number of alkyl halides is 2. The van der Waals surface area contributed by atoms with E-state index in [4.69, 9.17) is 46.4 Å². The number of amides is 1. The molecule has 0 aliphatic carbocycles. The molecule has 0 saturated carbocycles. The quantitative estimate of drug-likeness (QED) is 0.317. The predicted molar refractivity (Wildman–Crippen MR) is 135 cm³/mol. The molecule has 0 saturated heterocycles. The van der Waals surface area contributed by atoms with Gasteiger partial charge in [-0.05, 0) is 36.4 Å². The van der Waals surface area contributed by atoms with E-state index < -0.39 is 18.0 Å². The second-order valence-electron chi connectivity index (χ2n) is 6.08. The van der Waals surface area contributed by atoms with E-state index in [0.717, 1.165) is 15.9 Å². The summed E-state index contributed by atoms with van der Waals surface area (Å²) >= 11 is 24.4. The number of hydrogen-bond donors (Lipinski definition) is 1. The fourth-order valence-electron chi connectivity index (χ4n) is 3.22. The van der Waals surface area contributed by atoms with E-state index in [0.29, 0.717) is 5.44 Å². The number of rotatable bonds is 6. The van der Waals surface area contributed by atoms with Gasteiger partial charge >= 0.3 is 0 Å². The summed E-state index contributed by atoms with van der Waals surface area (Å²) in [7, 11) is -2.65. The first-order valence-electron chi connectivity index (χ1n) is 8.68. The molecule has 3 aromatic rings. The molecule has 0 unspecified atom stereocenters. The highest BCUT2D eigenvalue weighted by Gasteiger charge is 2.52. The maximum Gasteiger partial charge on any atom is 0.260 e. The highest BCUT2D eigenvalue weighted by Crippen LogP contribution is 2.63. The third kappa shape index (κ3) is 5.14. The van der Waals surface area contributed by atoms with Crippen LogP contribution in [0.5, 0.6) is 0 Å². The Bertz CT molecular complexity index is 897. The highest BCUT2D eigenvalue weighted by molar-refractivity contribution is 7.99. The molecule has 0 aliphatic rings. The van der Waals surface area contributed by atoms with E-state index in [9.17, 15) is 4.79 Å². The lowest BCUT2D eigenvalue weighted by atomic mass is 10.4. The monoisotopic (exact) mass is 518 g/mol. The largest absolute Gasteiger partial charge is 0.292 e. The standard InChI is InChI=1S/C22H16Cl4NOP.ClH/c23-19(24)21(28)27-22(20(25)26)29(16-10-4-1-5-11-16,17-12-6-2-7-13-17)18-14-8-3-9-15-18;/h1-15,19H;1H/p+1. The highest BCUT2D eigenvalue weighted by atomic mass is 35.5. The summed E-state index contributed by atoms with van der Waals surface area (Å²) in [5, 5.41) is 5.75. The van der Waals surface area contributed by atoms with Crippen molar-refractivity contribution >= 4 is 87.9 Å². The molecule has 2 nitrogen and oxygen atoms in total. The van der Waals surface area contributed by atoms with Crippen LogP contribution >= 0.6 is 66.1 Å². The zero-order chi connectivity index (χ0) is 20.9. The lowest BCUT2D eigenvalue weighted by molar-refractivity contribution is -0.118. The Labute approximate surface area is 202 Å². The molecule has 0 aliphatic heterocycles. The van der Waals surface area contributed by atoms with E-state index in [1.54, 1.807) is 0 Å². The van der Waals surface area contributed by atoms with Crippen molar-refractivity contribution in [3.05, 3.63) is 101 Å². The molecule has 3 aromatic carbocycles. The van der Waals surface area contributed by atoms with Crippen LogP contribution in [-0.2, 0) is 4.79 Å². The predicted octanol–water partition coefficient (Wildman–Crippen LogP) is 5.93. The summed E-state index contributed by atoms with van der Waals surface area (Å²) in [5.74, 6) is -0.589. The Balaban J connectivity index is 0.00000320. The van der Waals surface area contributed by atoms with Crippen LogP contribution in [0, 0.1) is 0 Å². The Morgan fingerprint density at radius 1 is 0.700 bits per heavy atom. The van der Waals surface area contributed by atoms with Gasteiger partial charge in [-0.2, -0.15) is 0 Å². The van der Waals surface area contributed by atoms with Crippen LogP contribution in [-0.4, -0.2) is 10.7 Å². The molecule has 8 heteroatoms. The third-order valence-corrected chi connectivity index (χ3v) is 9.65. The van der Waals surface area contributed by atoms with Gasteiger partial charge in [0.1, 0.15) is 15.9 Å². The second-order valence-corrected chi connectivity index (χ2v) is 11.5. The zero-order valence-electron chi connectivity index (χ0n) is 15.5. The lowest BCUT2D eigenvalue weighted by Gasteiger charge is -2.29. The number of hydrogen-bond acceptors (Lipinski definition) is 1. The molecule has 0 heterocycles. The topological polar surface area (TPSA) is 29.1 Å². The molecule has 1 N–H and O–H groups in total. The third-order valence-electron chi connectivity index (χ3n) is 4.38. The molecule has 0 aromatic heterocycles. The van der Waals surface area contributed by atoms with Gasteiger partial charge in [-0.1, -0.05) is 101 Å². The van der Waals surface area contributed by atoms with Crippen molar-refractivity contribution in [3.63, 3.8) is 0 Å². The first kappa shape index (κ1) is 25.0. The fraction of sp³-hybridized carbons (Fsp3) is 0.0455. The summed E-state index contributed by atoms with van der Waals surface area (Å²) < 4.78 is -0.0442. The molecular weight excluding hydrogens is 502 g/mol. The van der Waals surface area contributed by atoms with Crippen molar-refractivity contribution in [1.82, 2.24) is 5.32 Å². The van der Waals surface area contributed by atoms with Crippen LogP contribution < -0.4 is 21.2 Å². The van der Waals surface area contributed by atoms with Crippen molar-refractivity contribution in [1.29, 1.82) is 0 Å². The average Bonchev–Trinajstić information content (AvgIpc) is 2.75. The van der Waals surface area contributed by atoms with E-state index >= 15 is 0 Å². The minimum atomic E-state index is -2.65. The van der Waals surface area contributed by atoms with E-state index in [1.165, 1.54) is 0 Å². The van der Waals surface area contributed by atoms with Gasteiger partial charge in [0.25, 0.3) is 5.91 Å². The summed E-state index contributed by atoms with van der Waals surface area (Å²) in [6.07, 6.45) is 0. The van der Waals surface area contributed by atoms with Gasteiger partial charge < -0.3 is 0 Å². The summed E-state index contributed by atoms with van der Waals surface area (Å²) in [4.78, 5) is 11.2. The van der Waals surface area contributed by atoms with Crippen molar-refractivity contribution in [2.24, 2.45) is 0 Å². The summed E-state index contributed by atoms with van der Waals surface area (Å²) in [6, 6.07) is 29.6. The minimum Gasteiger partial charge on any atom is -0.292 e. The van der Waals surface area contributed by atoms with Gasteiger partial charge in [-0.15, -0.1) is 12.4 Å². The normalized spacial score (nSPS) is 10.8. The van der Waals surface area contributed by atoms with Crippen LogP contribution in [0.15, 0.2) is 101 Å². The molecule has 0 bridgehead atoms. The number of carbonyl (C=O) groups is 1. The van der Waals surface area contributed by atoms with Crippen LogP contribution in [0.1, 0.15) is 0 Å². The van der Waals surface area contributed by atoms with Crippen molar-refractivity contribution in [2.75, 3.05) is 0 Å². The maximum atomic E-state index is 12.5. The Hall–Kier alpha value is -1.25. The van der Waals surface area contributed by atoms with Crippen LogP contribution in [0.2, 0.25) is 0 Å². The molecule has 0 spiro atoms. The van der Waals surface area contributed by atoms with Gasteiger partial charge in [-0.3, -0.25) is 10.1 Å². The van der Waals surface area contributed by atoms with Crippen LogP contribution in [0.4, 0.5) is 0 Å². The SMILES string of the molecule is Cl.O=C(NC(=C(Cl)Cl)[P+](c1ccccc1)(c1ccccc1)c1ccccc1)C(Cl)Cl. The number of halogens is 5. The summed E-state index contributed by atoms with van der Waals surface area (Å²) in [5.41, 5.74) is 0.390. The number of benzene rings is 3. The lowest BCUT2D eigenvalue weighted by Crippen LogP contribution is -2.39. The van der Waals surface area contributed by atoms with Gasteiger partial charge in [0.15, 0.2) is 16.6 Å². The molecule has 0 fully saturated rings. The molecular formula is C22H18Cl5NOP+. The molecule has 156 valence electrons. The van der Waals surface area contributed by atoms with Crippen LogP contribution in [0.3, 0.4) is 0 Å². The Morgan fingerprint density at radius 2 is 1.03 bits per heavy atom. The zero-order valence-corrected chi connectivity index (χ0v) is 20.2. The Kier molecular flexibility index (Phi) is 9.50. The first-order chi connectivity index (χ1) is 14.0. The first-order valence-corrected chi connectivity index (χ1v) is 12.1. The van der Waals surface area contributed by atoms with E-state index in [1.807, 2.05) is 91.0 Å². The van der Waals surface area contributed by atoms with Gasteiger partial charge in [0, 0.05) is 0 Å². The van der Waals surface area contributed by atoms with Crippen molar-refractivity contribution in [2.45, 2.75) is 4.84 Å². The summed E-state index contributed by atoms with van der Waals surface area (Å²) in [6.45, 7) is 0. The van der Waals surface area contributed by atoms with Gasteiger partial charge in [-0.25, -0.2) is 0 Å². The number of nitrogens with one attached hydrogen (secondary N) is 1. The molecule has 3 rings (SSSR count). The van der Waals surface area contributed by atoms with Crippen molar-refractivity contribution < 1.29 is 4.79 Å². The fourth-order valence-corrected chi connectivity index (χ4v) is 8.24. The van der Waals surface area contributed by atoms with E-state index in [-0.39, 0.29) is 16.9 Å². The number of carbonyl (C=O) groups excluding carboxylic acids is 1. The van der Waals surface area contributed by atoms with Crippen molar-refractivity contribution in [3.8, 4) is 0 Å². The smallest absolute Gasteiger partial charge is 0.260 e. The Morgan fingerprint density at radius 3 is 1.30 bits per heavy atom. The minimum absolute atomic E-state index is 0. The second kappa shape index (κ2) is 11.4. The van der Waals surface area contributed by atoms with Crippen LogP contribution in [0.25, 0.3) is 0 Å². The van der Waals surface area contributed by atoms with Gasteiger partial charge in [0.05, 0.1) is 0 Å². The molecule has 30 heavy (non-hydrogen) atoms. The average molecular weight is 521 g/mol.